The molecular formula is C12H16Cl2N2. The minimum atomic E-state index is 0. The van der Waals surface area contributed by atoms with E-state index in [-0.39, 0.29) is 12.4 Å². The Bertz CT molecular complexity index is 477. The molecule has 16 heavy (non-hydrogen) atoms. The molecule has 2 nitrogen and oxygen atoms in total. The van der Waals surface area contributed by atoms with Crippen molar-refractivity contribution in [3.8, 4) is 0 Å². The van der Waals surface area contributed by atoms with Crippen molar-refractivity contribution in [3.63, 3.8) is 0 Å². The van der Waals surface area contributed by atoms with Gasteiger partial charge in [-0.25, -0.2) is 0 Å². The average molecular weight is 259 g/mol. The quantitative estimate of drug-likeness (QED) is 0.871. The summed E-state index contributed by atoms with van der Waals surface area (Å²) in [6.45, 7) is 2.83. The Labute approximate surface area is 107 Å². The SMILES string of the molecule is Cc1[nH]c2ccc(Cl)cc2c1CCCN.Cl. The fraction of sp³-hybridized carbons (Fsp3) is 0.333. The molecule has 0 aliphatic rings. The van der Waals surface area contributed by atoms with Gasteiger partial charge in [0.2, 0.25) is 0 Å². The number of halogens is 2. The van der Waals surface area contributed by atoms with Crippen molar-refractivity contribution in [1.29, 1.82) is 0 Å². The summed E-state index contributed by atoms with van der Waals surface area (Å²) in [4.78, 5) is 3.36. The zero-order valence-corrected chi connectivity index (χ0v) is 10.8. The maximum atomic E-state index is 6.00. The molecule has 0 spiro atoms. The number of fused-ring (bicyclic) bond motifs is 1. The molecule has 0 saturated carbocycles. The normalized spacial score (nSPS) is 10.4. The lowest BCUT2D eigenvalue weighted by Crippen LogP contribution is -2.00. The lowest BCUT2D eigenvalue weighted by atomic mass is 10.1. The number of aromatic nitrogens is 1. The molecule has 4 heteroatoms. The second-order valence-corrected chi connectivity index (χ2v) is 4.25. The van der Waals surface area contributed by atoms with Gasteiger partial charge < -0.3 is 10.7 Å². The maximum Gasteiger partial charge on any atom is 0.0459 e. The monoisotopic (exact) mass is 258 g/mol. The van der Waals surface area contributed by atoms with Gasteiger partial charge in [-0.3, -0.25) is 0 Å². The molecule has 1 aromatic carbocycles. The Balaban J connectivity index is 0.00000128. The molecule has 0 amide bonds. The Hall–Kier alpha value is -0.700. The number of hydrogen-bond donors (Lipinski definition) is 2. The Kier molecular flexibility index (Phi) is 4.66. The third-order valence-corrected chi connectivity index (χ3v) is 2.95. The number of aromatic amines is 1. The highest BCUT2D eigenvalue weighted by Crippen LogP contribution is 2.26. The summed E-state index contributed by atoms with van der Waals surface area (Å²) < 4.78 is 0. The van der Waals surface area contributed by atoms with E-state index in [1.165, 1.54) is 16.6 Å². The molecule has 0 bridgehead atoms. The van der Waals surface area contributed by atoms with Gasteiger partial charge in [-0.1, -0.05) is 11.6 Å². The van der Waals surface area contributed by atoms with Gasteiger partial charge in [-0.05, 0) is 50.1 Å². The van der Waals surface area contributed by atoms with Gasteiger partial charge in [0, 0.05) is 21.6 Å². The van der Waals surface area contributed by atoms with Crippen molar-refractivity contribution in [1.82, 2.24) is 4.98 Å². The standard InChI is InChI=1S/C12H15ClN2.ClH/c1-8-10(3-2-6-14)11-7-9(13)4-5-12(11)15-8;/h4-5,7,15H,2-3,6,14H2,1H3;1H. The second kappa shape index (κ2) is 5.58. The third-order valence-electron chi connectivity index (χ3n) is 2.71. The van der Waals surface area contributed by atoms with Crippen LogP contribution in [0.15, 0.2) is 18.2 Å². The molecule has 2 rings (SSSR count). The van der Waals surface area contributed by atoms with E-state index in [2.05, 4.69) is 11.9 Å². The number of H-pyrrole nitrogens is 1. The number of nitrogens with one attached hydrogen (secondary N) is 1. The van der Waals surface area contributed by atoms with Crippen LogP contribution in [-0.4, -0.2) is 11.5 Å². The summed E-state index contributed by atoms with van der Waals surface area (Å²) >= 11 is 6.00. The Morgan fingerprint density at radius 3 is 2.81 bits per heavy atom. The molecule has 0 fully saturated rings. The first-order chi connectivity index (χ1) is 7.22. The smallest absolute Gasteiger partial charge is 0.0459 e. The summed E-state index contributed by atoms with van der Waals surface area (Å²) in [5, 5.41) is 2.02. The van der Waals surface area contributed by atoms with Crippen LogP contribution >= 0.6 is 24.0 Å². The summed E-state index contributed by atoms with van der Waals surface area (Å²) in [7, 11) is 0. The van der Waals surface area contributed by atoms with Gasteiger partial charge in [0.15, 0.2) is 0 Å². The lowest BCUT2D eigenvalue weighted by molar-refractivity contribution is 0.831. The van der Waals surface area contributed by atoms with E-state index in [0.717, 1.165) is 29.9 Å². The van der Waals surface area contributed by atoms with E-state index in [1.54, 1.807) is 0 Å². The van der Waals surface area contributed by atoms with Crippen LogP contribution in [0.5, 0.6) is 0 Å². The first kappa shape index (κ1) is 13.4. The molecule has 0 saturated heterocycles. The molecule has 2 aromatic rings. The highest BCUT2D eigenvalue weighted by atomic mass is 35.5. The first-order valence-corrected chi connectivity index (χ1v) is 5.57. The van der Waals surface area contributed by atoms with Crippen LogP contribution in [0.1, 0.15) is 17.7 Å². The molecular weight excluding hydrogens is 243 g/mol. The van der Waals surface area contributed by atoms with E-state index < -0.39 is 0 Å². The van der Waals surface area contributed by atoms with Crippen LogP contribution in [0.3, 0.4) is 0 Å². The summed E-state index contributed by atoms with van der Waals surface area (Å²) in [6.07, 6.45) is 2.03. The van der Waals surface area contributed by atoms with E-state index in [0.29, 0.717) is 0 Å². The van der Waals surface area contributed by atoms with Gasteiger partial charge in [0.1, 0.15) is 0 Å². The molecule has 0 atom stereocenters. The van der Waals surface area contributed by atoms with Crippen molar-refractivity contribution in [2.75, 3.05) is 6.54 Å². The van der Waals surface area contributed by atoms with Crippen LogP contribution in [0.25, 0.3) is 10.9 Å². The van der Waals surface area contributed by atoms with Crippen molar-refractivity contribution < 1.29 is 0 Å². The first-order valence-electron chi connectivity index (χ1n) is 5.19. The zero-order chi connectivity index (χ0) is 10.8. The third kappa shape index (κ3) is 2.51. The van der Waals surface area contributed by atoms with Crippen LogP contribution in [0.4, 0.5) is 0 Å². The van der Waals surface area contributed by atoms with E-state index >= 15 is 0 Å². The number of benzene rings is 1. The van der Waals surface area contributed by atoms with E-state index in [9.17, 15) is 0 Å². The van der Waals surface area contributed by atoms with Crippen molar-refractivity contribution in [2.24, 2.45) is 5.73 Å². The fourth-order valence-electron chi connectivity index (χ4n) is 1.96. The van der Waals surface area contributed by atoms with Crippen molar-refractivity contribution in [3.05, 3.63) is 34.5 Å². The van der Waals surface area contributed by atoms with Crippen LogP contribution < -0.4 is 5.73 Å². The molecule has 0 radical (unpaired) electrons. The minimum Gasteiger partial charge on any atom is -0.358 e. The lowest BCUT2D eigenvalue weighted by Gasteiger charge is -1.99. The molecule has 0 unspecified atom stereocenters. The zero-order valence-electron chi connectivity index (χ0n) is 9.22. The molecule has 0 aliphatic carbocycles. The largest absolute Gasteiger partial charge is 0.358 e. The van der Waals surface area contributed by atoms with Crippen LogP contribution in [-0.2, 0) is 6.42 Å². The van der Waals surface area contributed by atoms with E-state index in [4.69, 9.17) is 17.3 Å². The summed E-state index contributed by atoms with van der Waals surface area (Å²) in [6, 6.07) is 5.95. The molecule has 1 heterocycles. The highest BCUT2D eigenvalue weighted by Gasteiger charge is 2.07. The number of hydrogen-bond acceptors (Lipinski definition) is 1. The average Bonchev–Trinajstić information content (AvgIpc) is 2.51. The predicted octanol–water partition coefficient (Wildman–Crippen LogP) is 3.44. The van der Waals surface area contributed by atoms with Gasteiger partial charge in [-0.2, -0.15) is 0 Å². The van der Waals surface area contributed by atoms with Crippen molar-refractivity contribution >= 4 is 34.9 Å². The molecule has 0 aliphatic heterocycles. The summed E-state index contributed by atoms with van der Waals surface area (Å²) in [5.41, 5.74) is 9.26. The number of rotatable bonds is 3. The van der Waals surface area contributed by atoms with Gasteiger partial charge >= 0.3 is 0 Å². The number of aryl methyl sites for hydroxylation is 2. The van der Waals surface area contributed by atoms with Crippen LogP contribution in [0, 0.1) is 6.92 Å². The maximum absolute atomic E-state index is 6.00. The highest BCUT2D eigenvalue weighted by molar-refractivity contribution is 6.31. The minimum absolute atomic E-state index is 0. The van der Waals surface area contributed by atoms with E-state index in [1.807, 2.05) is 18.2 Å². The number of nitrogens with two attached hydrogens (primary N) is 1. The fourth-order valence-corrected chi connectivity index (χ4v) is 2.13. The molecule has 3 N–H and O–H groups in total. The van der Waals surface area contributed by atoms with Crippen molar-refractivity contribution in [2.45, 2.75) is 19.8 Å². The predicted molar refractivity (Wildman–Crippen MR) is 72.7 cm³/mol. The Morgan fingerprint density at radius 1 is 1.38 bits per heavy atom. The second-order valence-electron chi connectivity index (χ2n) is 3.81. The van der Waals surface area contributed by atoms with Gasteiger partial charge in [0.05, 0.1) is 0 Å². The molecule has 88 valence electrons. The topological polar surface area (TPSA) is 41.8 Å². The Morgan fingerprint density at radius 2 is 2.12 bits per heavy atom. The van der Waals surface area contributed by atoms with Gasteiger partial charge in [-0.15, -0.1) is 12.4 Å². The van der Waals surface area contributed by atoms with Gasteiger partial charge in [0.25, 0.3) is 0 Å². The molecule has 1 aromatic heterocycles. The van der Waals surface area contributed by atoms with Crippen LogP contribution in [0.2, 0.25) is 5.02 Å². The summed E-state index contributed by atoms with van der Waals surface area (Å²) in [5.74, 6) is 0.